The molecular weight excluding hydrogens is 126 g/mol. The maximum atomic E-state index is 5.83. The predicted octanol–water partition coefficient (Wildman–Crippen LogP) is 0.217. The third-order valence-electron chi connectivity index (χ3n) is 2.39. The summed E-state index contributed by atoms with van der Waals surface area (Å²) in [7, 11) is 1.19. The van der Waals surface area contributed by atoms with Gasteiger partial charge in [-0.1, -0.05) is 19.3 Å². The Hall–Kier alpha value is 0.177. The smallest absolute Gasteiger partial charge is 0.0241 e. The SMILES string of the molecule is NC([SiH3])C1CCCCC1. The summed E-state index contributed by atoms with van der Waals surface area (Å²) in [5.74, 6) is 0.894. The Labute approximate surface area is 60.4 Å². The van der Waals surface area contributed by atoms with Crippen molar-refractivity contribution in [2.45, 2.75) is 37.8 Å². The largest absolute Gasteiger partial charge is 0.331 e. The summed E-state index contributed by atoms with van der Waals surface area (Å²) in [5.41, 5.74) is 6.40. The zero-order valence-corrected chi connectivity index (χ0v) is 8.27. The van der Waals surface area contributed by atoms with Gasteiger partial charge in [-0.25, -0.2) is 0 Å². The maximum absolute atomic E-state index is 5.83. The summed E-state index contributed by atoms with van der Waals surface area (Å²) in [6.45, 7) is 0. The molecule has 0 radical (unpaired) electrons. The monoisotopic (exact) mass is 143 g/mol. The van der Waals surface area contributed by atoms with Crippen molar-refractivity contribution in [1.29, 1.82) is 0 Å². The molecule has 0 aliphatic heterocycles. The fourth-order valence-electron chi connectivity index (χ4n) is 1.66. The molecule has 0 aromatic heterocycles. The molecule has 0 heterocycles. The number of hydrogen-bond donors (Lipinski definition) is 1. The molecule has 9 heavy (non-hydrogen) atoms. The summed E-state index contributed by atoms with van der Waals surface area (Å²) in [6.07, 6.45) is 7.13. The van der Waals surface area contributed by atoms with Gasteiger partial charge in [0.1, 0.15) is 0 Å². The highest BCUT2D eigenvalue weighted by Gasteiger charge is 2.15. The third kappa shape index (κ3) is 2.10. The zero-order chi connectivity index (χ0) is 6.69. The highest BCUT2D eigenvalue weighted by atomic mass is 28.1. The average molecular weight is 143 g/mol. The first-order valence-electron chi connectivity index (χ1n) is 4.06. The lowest BCUT2D eigenvalue weighted by molar-refractivity contribution is 0.348. The van der Waals surface area contributed by atoms with Crippen LogP contribution in [0.5, 0.6) is 0 Å². The molecule has 2 heteroatoms. The summed E-state index contributed by atoms with van der Waals surface area (Å²) >= 11 is 0. The standard InChI is InChI=1S/C7H17NSi/c8-7(9)6-4-2-1-3-5-6/h6-7H,1-5,8H2,9H3. The Bertz CT molecular complexity index is 77.0. The third-order valence-corrected chi connectivity index (χ3v) is 3.34. The second-order valence-electron chi connectivity index (χ2n) is 3.26. The van der Waals surface area contributed by atoms with Gasteiger partial charge < -0.3 is 5.73 Å². The molecule has 1 fully saturated rings. The molecule has 0 bridgehead atoms. The second-order valence-corrected chi connectivity index (χ2v) is 4.59. The first-order chi connectivity index (χ1) is 4.30. The van der Waals surface area contributed by atoms with Gasteiger partial charge in [0.15, 0.2) is 0 Å². The topological polar surface area (TPSA) is 26.0 Å². The average Bonchev–Trinajstić information content (AvgIpc) is 1.90. The van der Waals surface area contributed by atoms with Gasteiger partial charge in [0, 0.05) is 10.2 Å². The van der Waals surface area contributed by atoms with E-state index in [4.69, 9.17) is 5.73 Å². The summed E-state index contributed by atoms with van der Waals surface area (Å²) in [6, 6.07) is 0. The van der Waals surface area contributed by atoms with Crippen molar-refractivity contribution in [3.8, 4) is 0 Å². The van der Waals surface area contributed by atoms with Crippen LogP contribution in [0.1, 0.15) is 32.1 Å². The van der Waals surface area contributed by atoms with Crippen LogP contribution in [-0.4, -0.2) is 15.9 Å². The van der Waals surface area contributed by atoms with Crippen LogP contribution in [0, 0.1) is 5.92 Å². The Balaban J connectivity index is 2.23. The summed E-state index contributed by atoms with van der Waals surface area (Å²) in [4.78, 5) is 0. The van der Waals surface area contributed by atoms with E-state index in [1.54, 1.807) is 0 Å². The first-order valence-corrected chi connectivity index (χ1v) is 5.22. The van der Waals surface area contributed by atoms with Crippen LogP contribution in [0.15, 0.2) is 0 Å². The lowest BCUT2D eigenvalue weighted by Gasteiger charge is -2.24. The van der Waals surface area contributed by atoms with E-state index in [-0.39, 0.29) is 0 Å². The van der Waals surface area contributed by atoms with Crippen molar-refractivity contribution in [2.75, 3.05) is 0 Å². The molecule has 1 atom stereocenters. The van der Waals surface area contributed by atoms with Gasteiger partial charge in [0.05, 0.1) is 0 Å². The van der Waals surface area contributed by atoms with E-state index in [2.05, 4.69) is 0 Å². The molecule has 1 aliphatic rings. The summed E-state index contributed by atoms with van der Waals surface area (Å²) in [5, 5.41) is 0. The van der Waals surface area contributed by atoms with E-state index in [0.29, 0.717) is 5.67 Å². The Morgan fingerprint density at radius 3 is 2.11 bits per heavy atom. The van der Waals surface area contributed by atoms with Crippen LogP contribution in [-0.2, 0) is 0 Å². The molecule has 0 saturated heterocycles. The number of rotatable bonds is 1. The van der Waals surface area contributed by atoms with Crippen molar-refractivity contribution in [1.82, 2.24) is 0 Å². The van der Waals surface area contributed by atoms with E-state index in [0.717, 1.165) is 5.92 Å². The normalized spacial score (nSPS) is 26.3. The quantitative estimate of drug-likeness (QED) is 0.522. The fourth-order valence-corrected chi connectivity index (χ4v) is 2.33. The fraction of sp³-hybridized carbons (Fsp3) is 1.00. The van der Waals surface area contributed by atoms with Crippen molar-refractivity contribution in [3.05, 3.63) is 0 Å². The van der Waals surface area contributed by atoms with E-state index in [1.807, 2.05) is 0 Å². The van der Waals surface area contributed by atoms with Crippen LogP contribution in [0.3, 0.4) is 0 Å². The Morgan fingerprint density at radius 2 is 1.78 bits per heavy atom. The van der Waals surface area contributed by atoms with Gasteiger partial charge in [-0.15, -0.1) is 0 Å². The molecule has 0 aromatic carbocycles. The van der Waals surface area contributed by atoms with Crippen molar-refractivity contribution < 1.29 is 0 Å². The predicted molar refractivity (Wildman–Crippen MR) is 44.5 cm³/mol. The molecule has 1 nitrogen and oxygen atoms in total. The minimum atomic E-state index is 0.574. The van der Waals surface area contributed by atoms with Gasteiger partial charge in [-0.3, -0.25) is 0 Å². The zero-order valence-electron chi connectivity index (χ0n) is 6.27. The number of nitrogens with two attached hydrogens (primary N) is 1. The van der Waals surface area contributed by atoms with Gasteiger partial charge in [0.25, 0.3) is 0 Å². The first kappa shape index (κ1) is 7.29. The van der Waals surface area contributed by atoms with E-state index < -0.39 is 0 Å². The molecule has 54 valence electrons. The van der Waals surface area contributed by atoms with Crippen molar-refractivity contribution in [3.63, 3.8) is 0 Å². The van der Waals surface area contributed by atoms with Crippen LogP contribution in [0.2, 0.25) is 0 Å². The highest BCUT2D eigenvalue weighted by Crippen LogP contribution is 2.24. The van der Waals surface area contributed by atoms with Crippen LogP contribution >= 0.6 is 0 Å². The van der Waals surface area contributed by atoms with Gasteiger partial charge >= 0.3 is 0 Å². The molecule has 2 N–H and O–H groups in total. The molecule has 1 aliphatic carbocycles. The Morgan fingerprint density at radius 1 is 1.22 bits per heavy atom. The van der Waals surface area contributed by atoms with E-state index >= 15 is 0 Å². The molecule has 1 unspecified atom stereocenters. The minimum absolute atomic E-state index is 0.574. The maximum Gasteiger partial charge on any atom is 0.0241 e. The second kappa shape index (κ2) is 3.37. The van der Waals surface area contributed by atoms with Crippen molar-refractivity contribution >= 4 is 10.2 Å². The van der Waals surface area contributed by atoms with E-state index in [1.165, 1.54) is 42.3 Å². The van der Waals surface area contributed by atoms with Crippen LogP contribution in [0.4, 0.5) is 0 Å². The Kier molecular flexibility index (Phi) is 2.73. The lowest BCUT2D eigenvalue weighted by atomic mass is 9.89. The van der Waals surface area contributed by atoms with Crippen molar-refractivity contribution in [2.24, 2.45) is 11.7 Å². The minimum Gasteiger partial charge on any atom is -0.331 e. The molecule has 0 spiro atoms. The van der Waals surface area contributed by atoms with Gasteiger partial charge in [-0.2, -0.15) is 0 Å². The molecular formula is C7H17NSi. The molecule has 0 aromatic rings. The van der Waals surface area contributed by atoms with E-state index in [9.17, 15) is 0 Å². The lowest BCUT2D eigenvalue weighted by Crippen LogP contribution is -2.31. The van der Waals surface area contributed by atoms with Crippen LogP contribution in [0.25, 0.3) is 0 Å². The van der Waals surface area contributed by atoms with Gasteiger partial charge in [0.2, 0.25) is 0 Å². The molecule has 0 amide bonds. The highest BCUT2D eigenvalue weighted by molar-refractivity contribution is 6.11. The molecule has 1 saturated carbocycles. The van der Waals surface area contributed by atoms with Gasteiger partial charge in [-0.05, 0) is 24.4 Å². The van der Waals surface area contributed by atoms with Crippen LogP contribution < -0.4 is 5.73 Å². The molecule has 1 rings (SSSR count). The summed E-state index contributed by atoms with van der Waals surface area (Å²) < 4.78 is 0. The number of hydrogen-bond acceptors (Lipinski definition) is 1.